The smallest absolute Gasteiger partial charge is 0.236 e. The number of aryl methyl sites for hydroxylation is 1. The van der Waals surface area contributed by atoms with Crippen molar-refractivity contribution in [2.75, 3.05) is 14.1 Å². The molecule has 0 amide bonds. The molecule has 0 atom stereocenters. The van der Waals surface area contributed by atoms with Gasteiger partial charge >= 0.3 is 0 Å². The number of nitrogens with zero attached hydrogens (tertiary/aromatic N) is 4. The predicted octanol–water partition coefficient (Wildman–Crippen LogP) is 3.38. The maximum Gasteiger partial charge on any atom is 0.236 e. The molecule has 0 unspecified atom stereocenters. The van der Waals surface area contributed by atoms with Crippen LogP contribution >= 0.6 is 22.7 Å². The van der Waals surface area contributed by atoms with E-state index in [2.05, 4.69) is 25.7 Å². The second-order valence-electron chi connectivity index (χ2n) is 5.24. The molecule has 0 saturated heterocycles. The molecular weight excluding hydrogens is 342 g/mol. The summed E-state index contributed by atoms with van der Waals surface area (Å²) >= 11 is 3.27. The second-order valence-corrected chi connectivity index (χ2v) is 7.25. The number of oxazole rings is 1. The minimum atomic E-state index is 0.558. The van der Waals surface area contributed by atoms with Crippen LogP contribution in [0.15, 0.2) is 38.6 Å². The molecule has 0 saturated carbocycles. The number of thiazole rings is 1. The second kappa shape index (κ2) is 7.59. The lowest BCUT2D eigenvalue weighted by atomic mass is 10.4. The summed E-state index contributed by atoms with van der Waals surface area (Å²) in [5.74, 6) is 1.45. The van der Waals surface area contributed by atoms with Crippen molar-refractivity contribution in [3.63, 3.8) is 0 Å². The molecule has 0 fully saturated rings. The van der Waals surface area contributed by atoms with Crippen LogP contribution in [0.1, 0.15) is 16.4 Å². The van der Waals surface area contributed by atoms with E-state index in [0.29, 0.717) is 19.0 Å². The Bertz CT molecular complexity index is 806. The van der Waals surface area contributed by atoms with Gasteiger partial charge in [0, 0.05) is 19.5 Å². The molecule has 0 spiro atoms. The fourth-order valence-electron chi connectivity index (χ4n) is 2.25. The van der Waals surface area contributed by atoms with Crippen molar-refractivity contribution in [1.29, 1.82) is 0 Å². The number of nitrogens with one attached hydrogen (secondary N) is 1. The molecule has 0 aliphatic carbocycles. The average molecular weight is 361 g/mol. The van der Waals surface area contributed by atoms with Crippen LogP contribution in [0.5, 0.6) is 0 Å². The number of aliphatic imine (C=N–C) groups is 1. The van der Waals surface area contributed by atoms with Gasteiger partial charge in [-0.3, -0.25) is 4.99 Å². The summed E-state index contributed by atoms with van der Waals surface area (Å²) in [6, 6.07) is 3.98. The Hall–Kier alpha value is -2.19. The molecule has 8 heteroatoms. The number of hydrogen-bond acceptors (Lipinski definition) is 6. The van der Waals surface area contributed by atoms with Crippen molar-refractivity contribution in [2.24, 2.45) is 4.99 Å². The Kier molecular flexibility index (Phi) is 5.27. The van der Waals surface area contributed by atoms with Crippen molar-refractivity contribution < 1.29 is 4.42 Å². The molecule has 0 radical (unpaired) electrons. The molecule has 24 heavy (non-hydrogen) atoms. The van der Waals surface area contributed by atoms with E-state index in [1.54, 1.807) is 36.0 Å². The monoisotopic (exact) mass is 361 g/mol. The van der Waals surface area contributed by atoms with E-state index < -0.39 is 0 Å². The van der Waals surface area contributed by atoms with E-state index in [-0.39, 0.29) is 0 Å². The molecule has 3 aromatic rings. The van der Waals surface area contributed by atoms with Gasteiger partial charge in [-0.2, -0.15) is 0 Å². The van der Waals surface area contributed by atoms with Gasteiger partial charge in [0.15, 0.2) is 5.96 Å². The largest absolute Gasteiger partial charge is 0.443 e. The van der Waals surface area contributed by atoms with Gasteiger partial charge in [-0.25, -0.2) is 9.97 Å². The van der Waals surface area contributed by atoms with E-state index in [1.165, 1.54) is 0 Å². The van der Waals surface area contributed by atoms with E-state index in [4.69, 9.17) is 4.42 Å². The summed E-state index contributed by atoms with van der Waals surface area (Å²) in [6.07, 6.45) is 1.68. The van der Waals surface area contributed by atoms with E-state index >= 15 is 0 Å². The van der Waals surface area contributed by atoms with Gasteiger partial charge in [0.2, 0.25) is 5.89 Å². The number of guanidine groups is 1. The van der Waals surface area contributed by atoms with Gasteiger partial charge in [0.1, 0.15) is 6.26 Å². The molecule has 6 nitrogen and oxygen atoms in total. The molecule has 0 aromatic carbocycles. The lowest BCUT2D eigenvalue weighted by molar-refractivity contribution is 0.470. The minimum Gasteiger partial charge on any atom is -0.443 e. The average Bonchev–Trinajstić information content (AvgIpc) is 3.29. The Balaban J connectivity index is 1.58. The maximum atomic E-state index is 5.53. The standard InChI is InChI=1S/C16H19N5OS2/c1-11-19-13(10-24-11)8-21(3)16(17-2)18-7-12-9-22-15(20-12)14-5-4-6-23-14/h4-6,9-10H,7-8H2,1-3H3,(H,17,18). The Morgan fingerprint density at radius 1 is 1.33 bits per heavy atom. The first-order chi connectivity index (χ1) is 11.7. The highest BCUT2D eigenvalue weighted by Gasteiger charge is 2.11. The van der Waals surface area contributed by atoms with Crippen molar-refractivity contribution in [1.82, 2.24) is 20.2 Å². The van der Waals surface area contributed by atoms with Gasteiger partial charge in [-0.1, -0.05) is 6.07 Å². The number of rotatable bonds is 5. The van der Waals surface area contributed by atoms with Crippen molar-refractivity contribution in [3.8, 4) is 10.8 Å². The summed E-state index contributed by atoms with van der Waals surface area (Å²) in [6.45, 7) is 3.28. The number of thiophene rings is 1. The molecular formula is C16H19N5OS2. The molecule has 3 rings (SSSR count). The molecule has 3 aromatic heterocycles. The van der Waals surface area contributed by atoms with Crippen molar-refractivity contribution >= 4 is 28.6 Å². The summed E-state index contributed by atoms with van der Waals surface area (Å²) in [5.41, 5.74) is 1.89. The van der Waals surface area contributed by atoms with E-state index in [0.717, 1.165) is 27.2 Å². The fourth-order valence-corrected chi connectivity index (χ4v) is 3.51. The van der Waals surface area contributed by atoms with Gasteiger partial charge in [0.25, 0.3) is 0 Å². The number of aromatic nitrogens is 2. The van der Waals surface area contributed by atoms with Crippen LogP contribution in [-0.4, -0.2) is 34.9 Å². The van der Waals surface area contributed by atoms with Crippen LogP contribution < -0.4 is 5.32 Å². The van der Waals surface area contributed by atoms with Crippen LogP contribution in [0.4, 0.5) is 0 Å². The lowest BCUT2D eigenvalue weighted by Gasteiger charge is -2.20. The molecule has 126 valence electrons. The first-order valence-corrected chi connectivity index (χ1v) is 9.22. The molecule has 1 N–H and O–H groups in total. The van der Waals surface area contributed by atoms with Crippen LogP contribution in [0.25, 0.3) is 10.8 Å². The Morgan fingerprint density at radius 3 is 2.88 bits per heavy atom. The normalized spacial score (nSPS) is 11.7. The SMILES string of the molecule is CN=C(NCc1coc(-c2cccs2)n1)N(C)Cc1csc(C)n1. The van der Waals surface area contributed by atoms with Gasteiger partial charge in [0.05, 0.1) is 34.4 Å². The molecule has 0 aliphatic heterocycles. The lowest BCUT2D eigenvalue weighted by Crippen LogP contribution is -2.38. The third-order valence-electron chi connectivity index (χ3n) is 3.35. The van der Waals surface area contributed by atoms with Crippen molar-refractivity contribution in [2.45, 2.75) is 20.0 Å². The summed E-state index contributed by atoms with van der Waals surface area (Å²) in [5, 5.41) is 8.46. The van der Waals surface area contributed by atoms with Gasteiger partial charge in [-0.05, 0) is 18.4 Å². The van der Waals surface area contributed by atoms with E-state index in [9.17, 15) is 0 Å². The predicted molar refractivity (Wildman–Crippen MR) is 98.3 cm³/mol. The zero-order chi connectivity index (χ0) is 16.9. The maximum absolute atomic E-state index is 5.53. The van der Waals surface area contributed by atoms with Crippen LogP contribution in [0, 0.1) is 6.92 Å². The third kappa shape index (κ3) is 4.01. The third-order valence-corrected chi connectivity index (χ3v) is 5.03. The van der Waals surface area contributed by atoms with Gasteiger partial charge in [-0.15, -0.1) is 22.7 Å². The molecule has 0 aliphatic rings. The fraction of sp³-hybridized carbons (Fsp3) is 0.312. The first-order valence-electron chi connectivity index (χ1n) is 7.47. The Labute approximate surface area is 148 Å². The minimum absolute atomic E-state index is 0.558. The highest BCUT2D eigenvalue weighted by Crippen LogP contribution is 2.23. The zero-order valence-electron chi connectivity index (χ0n) is 13.8. The summed E-state index contributed by atoms with van der Waals surface area (Å²) in [7, 11) is 3.76. The van der Waals surface area contributed by atoms with Crippen molar-refractivity contribution in [3.05, 3.63) is 45.6 Å². The quantitative estimate of drug-likeness (QED) is 0.557. The van der Waals surface area contributed by atoms with Crippen LogP contribution in [0.2, 0.25) is 0 Å². The topological polar surface area (TPSA) is 66.6 Å². The summed E-state index contributed by atoms with van der Waals surface area (Å²) < 4.78 is 5.53. The van der Waals surface area contributed by atoms with E-state index in [1.807, 2.05) is 36.4 Å². The Morgan fingerprint density at radius 2 is 2.21 bits per heavy atom. The van der Waals surface area contributed by atoms with Crippen LogP contribution in [0.3, 0.4) is 0 Å². The number of hydrogen-bond donors (Lipinski definition) is 1. The molecule has 0 bridgehead atoms. The highest BCUT2D eigenvalue weighted by molar-refractivity contribution is 7.13. The first kappa shape index (κ1) is 16.7. The van der Waals surface area contributed by atoms with Crippen LogP contribution in [-0.2, 0) is 13.1 Å². The summed E-state index contributed by atoms with van der Waals surface area (Å²) in [4.78, 5) is 16.4. The molecule has 3 heterocycles. The zero-order valence-corrected chi connectivity index (χ0v) is 15.4. The van der Waals surface area contributed by atoms with Gasteiger partial charge < -0.3 is 14.6 Å². The highest BCUT2D eigenvalue weighted by atomic mass is 32.1.